The van der Waals surface area contributed by atoms with Crippen LogP contribution < -0.4 is 0 Å². The Morgan fingerprint density at radius 3 is 2.60 bits per heavy atom. The largest absolute Gasteiger partial charge is 0.610 e. The van der Waals surface area contributed by atoms with E-state index in [0.717, 1.165) is 5.69 Å². The molecule has 1 atom stereocenters. The van der Waals surface area contributed by atoms with Crippen molar-refractivity contribution in [1.29, 1.82) is 0 Å². The van der Waals surface area contributed by atoms with E-state index >= 15 is 0 Å². The van der Waals surface area contributed by atoms with Crippen LogP contribution in [0.25, 0.3) is 0 Å². The molecular formula is C7H9NOS. The molecule has 0 aliphatic carbocycles. The lowest BCUT2D eigenvalue weighted by Gasteiger charge is -2.01. The van der Waals surface area contributed by atoms with Crippen molar-refractivity contribution in [1.82, 2.24) is 4.98 Å². The maximum Gasteiger partial charge on any atom is 0.244 e. The van der Waals surface area contributed by atoms with E-state index in [1.807, 2.05) is 19.1 Å². The third-order valence-electron chi connectivity index (χ3n) is 1.16. The van der Waals surface area contributed by atoms with Crippen LogP contribution in [0.3, 0.4) is 0 Å². The first kappa shape index (κ1) is 7.57. The highest BCUT2D eigenvalue weighted by Gasteiger charge is 2.03. The molecule has 0 aromatic carbocycles. The maximum atomic E-state index is 10.8. The molecule has 0 spiro atoms. The van der Waals surface area contributed by atoms with E-state index in [2.05, 4.69) is 4.98 Å². The summed E-state index contributed by atoms with van der Waals surface area (Å²) in [6.45, 7) is 1.89. The van der Waals surface area contributed by atoms with Crippen LogP contribution in [0.5, 0.6) is 0 Å². The van der Waals surface area contributed by atoms with Gasteiger partial charge in [0.15, 0.2) is 0 Å². The summed E-state index contributed by atoms with van der Waals surface area (Å²) < 4.78 is 10.8. The monoisotopic (exact) mass is 155 g/mol. The molecule has 10 heavy (non-hydrogen) atoms. The predicted molar refractivity (Wildman–Crippen MR) is 41.3 cm³/mol. The lowest BCUT2D eigenvalue weighted by molar-refractivity contribution is 0.597. The second-order valence-electron chi connectivity index (χ2n) is 2.07. The number of hydrogen-bond donors (Lipinski definition) is 0. The van der Waals surface area contributed by atoms with Gasteiger partial charge in [-0.05, 0) is 13.0 Å². The summed E-state index contributed by atoms with van der Waals surface area (Å²) in [7, 11) is 0. The van der Waals surface area contributed by atoms with E-state index < -0.39 is 11.2 Å². The predicted octanol–water partition coefficient (Wildman–Crippen LogP) is 1.13. The molecule has 1 heterocycles. The number of pyridine rings is 1. The minimum absolute atomic E-state index is 0.653. The van der Waals surface area contributed by atoms with Gasteiger partial charge in [0.1, 0.15) is 6.26 Å². The zero-order valence-corrected chi connectivity index (χ0v) is 6.81. The van der Waals surface area contributed by atoms with Gasteiger partial charge in [0.05, 0.1) is 0 Å². The molecule has 1 aromatic rings. The molecule has 1 unspecified atom stereocenters. The van der Waals surface area contributed by atoms with Crippen molar-refractivity contribution >= 4 is 11.2 Å². The van der Waals surface area contributed by atoms with Crippen LogP contribution in [0.1, 0.15) is 5.69 Å². The summed E-state index contributed by atoms with van der Waals surface area (Å²) >= 11 is -0.950. The molecule has 0 amide bonds. The number of aryl methyl sites for hydroxylation is 1. The van der Waals surface area contributed by atoms with Gasteiger partial charge < -0.3 is 4.55 Å². The molecule has 0 saturated heterocycles. The first-order chi connectivity index (χ1) is 4.70. The van der Waals surface area contributed by atoms with Gasteiger partial charge >= 0.3 is 0 Å². The van der Waals surface area contributed by atoms with Gasteiger partial charge in [0.2, 0.25) is 5.03 Å². The lowest BCUT2D eigenvalue weighted by atomic mass is 10.4. The molecule has 54 valence electrons. The van der Waals surface area contributed by atoms with Crippen molar-refractivity contribution in [3.05, 3.63) is 23.9 Å². The third kappa shape index (κ3) is 1.72. The molecule has 0 aliphatic rings. The average Bonchev–Trinajstić information content (AvgIpc) is 1.88. The molecule has 1 aromatic heterocycles. The molecule has 3 heteroatoms. The van der Waals surface area contributed by atoms with Crippen molar-refractivity contribution in [3.8, 4) is 0 Å². The number of hydrogen-bond acceptors (Lipinski definition) is 2. The molecule has 0 N–H and O–H groups in total. The first-order valence-corrected chi connectivity index (χ1v) is 4.53. The normalized spacial score (nSPS) is 13.1. The van der Waals surface area contributed by atoms with Crippen LogP contribution in [0.4, 0.5) is 0 Å². The Hall–Kier alpha value is -0.540. The standard InChI is InChI=1S/C7H9NOS/c1-6-4-3-5-7(8-6)10(2)9/h3-5H,1-2H3. The Bertz CT molecular complexity index is 225. The van der Waals surface area contributed by atoms with Crippen LogP contribution in [-0.4, -0.2) is 15.8 Å². The van der Waals surface area contributed by atoms with Crippen LogP contribution in [0, 0.1) is 6.92 Å². The highest BCUT2D eigenvalue weighted by molar-refractivity contribution is 7.90. The summed E-state index contributed by atoms with van der Waals surface area (Å²) in [6.07, 6.45) is 1.63. The van der Waals surface area contributed by atoms with Gasteiger partial charge in [-0.2, -0.15) is 0 Å². The van der Waals surface area contributed by atoms with Gasteiger partial charge in [-0.3, -0.25) is 0 Å². The Balaban J connectivity index is 2.96. The topological polar surface area (TPSA) is 36.0 Å². The number of nitrogens with zero attached hydrogens (tertiary/aromatic N) is 1. The Labute approximate surface area is 63.5 Å². The van der Waals surface area contributed by atoms with Gasteiger partial charge in [0, 0.05) is 22.9 Å². The quantitative estimate of drug-likeness (QED) is 0.570. The Morgan fingerprint density at radius 1 is 1.50 bits per heavy atom. The zero-order chi connectivity index (χ0) is 7.56. The van der Waals surface area contributed by atoms with Crippen molar-refractivity contribution in [2.75, 3.05) is 6.26 Å². The van der Waals surface area contributed by atoms with Gasteiger partial charge in [-0.1, -0.05) is 6.07 Å². The maximum absolute atomic E-state index is 10.8. The summed E-state index contributed by atoms with van der Waals surface area (Å²) in [5.74, 6) is 0. The first-order valence-electron chi connectivity index (χ1n) is 2.97. The second kappa shape index (κ2) is 3.03. The van der Waals surface area contributed by atoms with Crippen molar-refractivity contribution in [3.63, 3.8) is 0 Å². The number of rotatable bonds is 1. The average molecular weight is 155 g/mol. The second-order valence-corrected chi connectivity index (χ2v) is 3.40. The SMILES string of the molecule is Cc1cccc([S+](C)[O-])n1. The van der Waals surface area contributed by atoms with E-state index in [1.165, 1.54) is 0 Å². The van der Waals surface area contributed by atoms with Crippen molar-refractivity contribution in [2.24, 2.45) is 0 Å². The fourth-order valence-electron chi connectivity index (χ4n) is 0.678. The highest BCUT2D eigenvalue weighted by Crippen LogP contribution is 2.04. The van der Waals surface area contributed by atoms with E-state index in [0.29, 0.717) is 5.03 Å². The summed E-state index contributed by atoms with van der Waals surface area (Å²) in [4.78, 5) is 4.07. The minimum Gasteiger partial charge on any atom is -0.610 e. The lowest BCUT2D eigenvalue weighted by Crippen LogP contribution is -2.00. The number of aromatic nitrogens is 1. The Kier molecular flexibility index (Phi) is 2.29. The van der Waals surface area contributed by atoms with E-state index in [1.54, 1.807) is 12.3 Å². The van der Waals surface area contributed by atoms with E-state index in [-0.39, 0.29) is 0 Å². The van der Waals surface area contributed by atoms with Crippen molar-refractivity contribution < 1.29 is 4.55 Å². The summed E-state index contributed by atoms with van der Waals surface area (Å²) in [5.41, 5.74) is 0.910. The van der Waals surface area contributed by atoms with Crippen LogP contribution in [0.15, 0.2) is 23.2 Å². The Morgan fingerprint density at radius 2 is 2.20 bits per heavy atom. The van der Waals surface area contributed by atoms with Crippen LogP contribution >= 0.6 is 0 Å². The molecule has 0 fully saturated rings. The van der Waals surface area contributed by atoms with Gasteiger partial charge in [0.25, 0.3) is 0 Å². The molecule has 0 bridgehead atoms. The smallest absolute Gasteiger partial charge is 0.244 e. The molecule has 0 aliphatic heterocycles. The van der Waals surface area contributed by atoms with E-state index in [9.17, 15) is 4.55 Å². The molecule has 0 saturated carbocycles. The summed E-state index contributed by atoms with van der Waals surface area (Å²) in [5, 5.41) is 0.653. The zero-order valence-electron chi connectivity index (χ0n) is 6.00. The minimum atomic E-state index is -0.950. The highest BCUT2D eigenvalue weighted by atomic mass is 32.2. The molecule has 1 rings (SSSR count). The van der Waals surface area contributed by atoms with Crippen LogP contribution in [0.2, 0.25) is 0 Å². The fraction of sp³-hybridized carbons (Fsp3) is 0.286. The van der Waals surface area contributed by atoms with Crippen LogP contribution in [-0.2, 0) is 11.2 Å². The summed E-state index contributed by atoms with van der Waals surface area (Å²) in [6, 6.07) is 5.51. The third-order valence-corrected chi connectivity index (χ3v) is 1.97. The molecule has 2 nitrogen and oxygen atoms in total. The molecular weight excluding hydrogens is 146 g/mol. The fourth-order valence-corrected chi connectivity index (χ4v) is 1.22. The van der Waals surface area contributed by atoms with Crippen molar-refractivity contribution in [2.45, 2.75) is 11.9 Å². The van der Waals surface area contributed by atoms with E-state index in [4.69, 9.17) is 0 Å². The van der Waals surface area contributed by atoms with Gasteiger partial charge in [-0.15, -0.1) is 0 Å². The molecule has 0 radical (unpaired) electrons. The van der Waals surface area contributed by atoms with Gasteiger partial charge in [-0.25, -0.2) is 4.98 Å².